The van der Waals surface area contributed by atoms with Gasteiger partial charge in [0.05, 0.1) is 11.2 Å². The summed E-state index contributed by atoms with van der Waals surface area (Å²) in [6.07, 6.45) is 1.74. The summed E-state index contributed by atoms with van der Waals surface area (Å²) in [5.41, 5.74) is 1.94. The average molecular weight is 336 g/mol. The fourth-order valence-corrected chi connectivity index (χ4v) is 3.53. The molecular weight excluding hydrogens is 316 g/mol. The van der Waals surface area contributed by atoms with Crippen LogP contribution in [0.15, 0.2) is 60.8 Å². The Kier molecular flexibility index (Phi) is 4.49. The predicted octanol–water partition coefficient (Wildman–Crippen LogP) is 4.78. The van der Waals surface area contributed by atoms with Crippen molar-refractivity contribution in [3.8, 4) is 10.4 Å². The number of rotatable bonds is 4. The van der Waals surface area contributed by atoms with Gasteiger partial charge >= 0.3 is 0 Å². The van der Waals surface area contributed by atoms with Crippen molar-refractivity contribution in [3.63, 3.8) is 0 Å². The van der Waals surface area contributed by atoms with E-state index in [-0.39, 0.29) is 5.91 Å². The van der Waals surface area contributed by atoms with Crippen LogP contribution in [-0.2, 0) is 5.54 Å². The van der Waals surface area contributed by atoms with Crippen LogP contribution in [0.3, 0.4) is 0 Å². The molecule has 3 aromatic rings. The summed E-state index contributed by atoms with van der Waals surface area (Å²) >= 11 is 1.69. The number of hydrogen-bond donors (Lipinski definition) is 1. The Morgan fingerprint density at radius 3 is 2.46 bits per heavy atom. The van der Waals surface area contributed by atoms with Crippen molar-refractivity contribution in [2.75, 3.05) is 0 Å². The van der Waals surface area contributed by atoms with Crippen LogP contribution < -0.4 is 5.32 Å². The van der Waals surface area contributed by atoms with Crippen LogP contribution in [0.5, 0.6) is 0 Å². The van der Waals surface area contributed by atoms with Gasteiger partial charge in [0, 0.05) is 27.1 Å². The zero-order valence-corrected chi connectivity index (χ0v) is 14.9. The summed E-state index contributed by atoms with van der Waals surface area (Å²) in [7, 11) is 0. The minimum Gasteiger partial charge on any atom is -0.341 e. The van der Waals surface area contributed by atoms with Crippen molar-refractivity contribution in [3.05, 3.63) is 76.9 Å². The summed E-state index contributed by atoms with van der Waals surface area (Å²) in [4.78, 5) is 19.6. The van der Waals surface area contributed by atoms with E-state index in [1.165, 1.54) is 4.88 Å². The number of hydrogen-bond acceptors (Lipinski definition) is 3. The molecule has 0 unspecified atom stereocenters. The van der Waals surface area contributed by atoms with Crippen LogP contribution in [0.25, 0.3) is 10.4 Å². The molecule has 3 rings (SSSR count). The van der Waals surface area contributed by atoms with Crippen LogP contribution in [0.4, 0.5) is 0 Å². The maximum Gasteiger partial charge on any atom is 0.252 e. The van der Waals surface area contributed by atoms with Crippen LogP contribution in [0.1, 0.15) is 34.8 Å². The summed E-state index contributed by atoms with van der Waals surface area (Å²) in [5.74, 6) is -0.0905. The standard InChI is InChI=1S/C20H20N2OS/c1-14-11-12-17(24-14)15-8-4-5-9-16(15)19(23)22-20(2,3)18-10-6-7-13-21-18/h4-13H,1-3H3,(H,22,23). The van der Waals surface area contributed by atoms with Gasteiger partial charge in [0.25, 0.3) is 5.91 Å². The lowest BCUT2D eigenvalue weighted by molar-refractivity contribution is 0.0911. The highest BCUT2D eigenvalue weighted by Gasteiger charge is 2.25. The molecule has 0 aliphatic heterocycles. The highest BCUT2D eigenvalue weighted by Crippen LogP contribution is 2.31. The van der Waals surface area contributed by atoms with Crippen molar-refractivity contribution in [1.29, 1.82) is 0 Å². The van der Waals surface area contributed by atoms with Crippen molar-refractivity contribution in [2.24, 2.45) is 0 Å². The van der Waals surface area contributed by atoms with Gasteiger partial charge in [-0.3, -0.25) is 9.78 Å². The molecule has 3 nitrogen and oxygen atoms in total. The minimum absolute atomic E-state index is 0.0905. The Bertz CT molecular complexity index is 853. The summed E-state index contributed by atoms with van der Waals surface area (Å²) in [5, 5.41) is 3.11. The predicted molar refractivity (Wildman–Crippen MR) is 99.2 cm³/mol. The summed E-state index contributed by atoms with van der Waals surface area (Å²) < 4.78 is 0. The summed E-state index contributed by atoms with van der Waals surface area (Å²) in [6.45, 7) is 6.00. The van der Waals surface area contributed by atoms with E-state index in [4.69, 9.17) is 0 Å². The lowest BCUT2D eigenvalue weighted by Gasteiger charge is -2.26. The molecule has 0 radical (unpaired) electrons. The smallest absolute Gasteiger partial charge is 0.252 e. The topological polar surface area (TPSA) is 42.0 Å². The number of benzene rings is 1. The SMILES string of the molecule is Cc1ccc(-c2ccccc2C(=O)NC(C)(C)c2ccccn2)s1. The van der Waals surface area contributed by atoms with Gasteiger partial charge in [0.2, 0.25) is 0 Å². The Morgan fingerprint density at radius 2 is 1.79 bits per heavy atom. The minimum atomic E-state index is -0.545. The first-order valence-electron chi connectivity index (χ1n) is 7.87. The van der Waals surface area contributed by atoms with Gasteiger partial charge in [-0.15, -0.1) is 11.3 Å². The zero-order chi connectivity index (χ0) is 17.2. The first-order valence-corrected chi connectivity index (χ1v) is 8.69. The van der Waals surface area contributed by atoms with Crippen LogP contribution >= 0.6 is 11.3 Å². The number of carbonyl (C=O) groups is 1. The highest BCUT2D eigenvalue weighted by atomic mass is 32.1. The molecule has 0 fully saturated rings. The normalized spacial score (nSPS) is 11.3. The molecule has 1 N–H and O–H groups in total. The molecule has 0 saturated carbocycles. The average Bonchev–Trinajstić information content (AvgIpc) is 3.01. The van der Waals surface area contributed by atoms with Gasteiger partial charge in [-0.25, -0.2) is 0 Å². The number of carbonyl (C=O) groups excluding carboxylic acids is 1. The lowest BCUT2D eigenvalue weighted by Crippen LogP contribution is -2.41. The molecule has 2 aromatic heterocycles. The van der Waals surface area contributed by atoms with Gasteiger partial charge < -0.3 is 5.32 Å². The molecule has 2 heterocycles. The summed E-state index contributed by atoms with van der Waals surface area (Å²) in [6, 6.07) is 17.6. The van der Waals surface area contributed by atoms with Crippen LogP contribution in [-0.4, -0.2) is 10.9 Å². The third kappa shape index (κ3) is 3.39. The van der Waals surface area contributed by atoms with Crippen molar-refractivity contribution in [1.82, 2.24) is 10.3 Å². The fraction of sp³-hybridized carbons (Fsp3) is 0.200. The van der Waals surface area contributed by atoms with E-state index in [1.54, 1.807) is 17.5 Å². The third-order valence-electron chi connectivity index (χ3n) is 3.91. The molecule has 0 aliphatic rings. The number of aryl methyl sites for hydroxylation is 1. The molecule has 1 amide bonds. The number of amides is 1. The molecule has 0 aliphatic carbocycles. The Labute approximate surface area is 146 Å². The first kappa shape index (κ1) is 16.4. The molecule has 0 saturated heterocycles. The monoisotopic (exact) mass is 336 g/mol. The van der Waals surface area contributed by atoms with E-state index in [1.807, 2.05) is 56.3 Å². The zero-order valence-electron chi connectivity index (χ0n) is 14.0. The Morgan fingerprint density at radius 1 is 1.04 bits per heavy atom. The lowest BCUT2D eigenvalue weighted by atomic mass is 9.98. The number of thiophene rings is 1. The fourth-order valence-electron chi connectivity index (χ4n) is 2.62. The van der Waals surface area contributed by atoms with Crippen LogP contribution in [0, 0.1) is 6.92 Å². The van der Waals surface area contributed by atoms with Gasteiger partial charge in [0.15, 0.2) is 0 Å². The van der Waals surface area contributed by atoms with E-state index in [0.29, 0.717) is 5.56 Å². The number of nitrogens with zero attached hydrogens (tertiary/aromatic N) is 1. The molecule has 0 spiro atoms. The van der Waals surface area contributed by atoms with E-state index >= 15 is 0 Å². The number of pyridine rings is 1. The van der Waals surface area contributed by atoms with Crippen LogP contribution in [0.2, 0.25) is 0 Å². The Balaban J connectivity index is 1.91. The second-order valence-corrected chi connectivity index (χ2v) is 7.54. The van der Waals surface area contributed by atoms with E-state index < -0.39 is 5.54 Å². The number of nitrogens with one attached hydrogen (secondary N) is 1. The third-order valence-corrected chi connectivity index (χ3v) is 4.94. The second-order valence-electron chi connectivity index (χ2n) is 6.25. The molecule has 24 heavy (non-hydrogen) atoms. The first-order chi connectivity index (χ1) is 11.5. The quantitative estimate of drug-likeness (QED) is 0.745. The van der Waals surface area contributed by atoms with Gasteiger partial charge in [0.1, 0.15) is 0 Å². The van der Waals surface area contributed by atoms with Crippen molar-refractivity contribution in [2.45, 2.75) is 26.3 Å². The molecule has 0 bridgehead atoms. The molecule has 122 valence electrons. The van der Waals surface area contributed by atoms with Gasteiger partial charge in [-0.2, -0.15) is 0 Å². The molecule has 4 heteroatoms. The maximum absolute atomic E-state index is 12.9. The highest BCUT2D eigenvalue weighted by molar-refractivity contribution is 7.15. The van der Waals surface area contributed by atoms with Gasteiger partial charge in [-0.1, -0.05) is 24.3 Å². The number of aromatic nitrogens is 1. The van der Waals surface area contributed by atoms with Gasteiger partial charge in [-0.05, 0) is 51.1 Å². The molecular formula is C20H20N2OS. The van der Waals surface area contributed by atoms with E-state index in [9.17, 15) is 4.79 Å². The molecule has 0 atom stereocenters. The Hall–Kier alpha value is -2.46. The van der Waals surface area contributed by atoms with Crippen molar-refractivity contribution < 1.29 is 4.79 Å². The van der Waals surface area contributed by atoms with E-state index in [2.05, 4.69) is 29.4 Å². The largest absolute Gasteiger partial charge is 0.341 e. The molecule has 1 aromatic carbocycles. The van der Waals surface area contributed by atoms with E-state index in [0.717, 1.165) is 16.1 Å². The van der Waals surface area contributed by atoms with Crippen molar-refractivity contribution >= 4 is 17.2 Å². The maximum atomic E-state index is 12.9. The second kappa shape index (κ2) is 6.57.